The van der Waals surface area contributed by atoms with Gasteiger partial charge in [0.15, 0.2) is 0 Å². The number of nitrogens with zero attached hydrogens (tertiary/aromatic N) is 2. The van der Waals surface area contributed by atoms with Crippen molar-refractivity contribution < 1.29 is 40.6 Å². The number of allylic oxidation sites excluding steroid dienone is 7. The summed E-state index contributed by atoms with van der Waals surface area (Å²) in [4.78, 5) is 26.3. The number of carboxylic acid groups (broad SMARTS) is 1. The summed E-state index contributed by atoms with van der Waals surface area (Å²) in [7, 11) is -8.45. The van der Waals surface area contributed by atoms with Crippen LogP contribution in [-0.4, -0.2) is 55.5 Å². The molecule has 11 nitrogen and oxygen atoms in total. The highest BCUT2D eigenvalue weighted by atomic mass is 32.2. The number of para-hydroxylation sites is 1. The molecule has 3 N–H and O–H groups in total. The first-order valence-electron chi connectivity index (χ1n) is 15.3. The second-order valence-corrected chi connectivity index (χ2v) is 14.4. The number of rotatable bonds is 15. The number of carbonyl (C=O) groups excluding carboxylic acids is 1. The van der Waals surface area contributed by atoms with Gasteiger partial charge in [-0.3, -0.25) is 23.6 Å². The number of anilines is 2. The van der Waals surface area contributed by atoms with Crippen molar-refractivity contribution in [3.63, 3.8) is 0 Å². The molecule has 1 heterocycles. The van der Waals surface area contributed by atoms with Crippen molar-refractivity contribution in [3.8, 4) is 0 Å². The maximum absolute atomic E-state index is 12.0. The third kappa shape index (κ3) is 12.1. The molecule has 0 aliphatic carbocycles. The summed E-state index contributed by atoms with van der Waals surface area (Å²) < 4.78 is 62.2. The number of unbranched alkanes of at least 4 members (excludes halogenated alkanes) is 2. The molecule has 0 spiro atoms. The minimum Gasteiger partial charge on any atom is -0.481 e. The Kier molecular flexibility index (Phi) is 15.1. The summed E-state index contributed by atoms with van der Waals surface area (Å²) in [6, 6.07) is 13.9. The van der Waals surface area contributed by atoms with Gasteiger partial charge in [-0.2, -0.15) is 16.8 Å². The van der Waals surface area contributed by atoms with E-state index in [4.69, 9.17) is 9.66 Å². The summed E-state index contributed by atoms with van der Waals surface area (Å²) in [5.74, 6) is -0.910. The van der Waals surface area contributed by atoms with Crippen molar-refractivity contribution in [3.05, 3.63) is 127 Å². The Labute approximate surface area is 289 Å². The summed E-state index contributed by atoms with van der Waals surface area (Å²) in [6.45, 7) is 12.7. The van der Waals surface area contributed by atoms with E-state index in [9.17, 15) is 31.0 Å². The zero-order valence-corrected chi connectivity index (χ0v) is 29.5. The summed E-state index contributed by atoms with van der Waals surface area (Å²) in [5.41, 5.74) is 2.03. The molecule has 0 aromatic heterocycles. The number of aliphatic carboxylic acids is 1. The zero-order valence-electron chi connectivity index (χ0n) is 27.8. The first-order chi connectivity index (χ1) is 22.9. The van der Waals surface area contributed by atoms with Crippen molar-refractivity contribution in [2.24, 2.45) is 0 Å². The van der Waals surface area contributed by atoms with E-state index in [1.807, 2.05) is 62.4 Å². The maximum Gasteiger partial charge on any atom is 0.303 e. The number of benzene rings is 2. The minimum absolute atomic E-state index is 0.102. The average molecular weight is 713 g/mol. The molecular weight excluding hydrogens is 669 g/mol. The van der Waals surface area contributed by atoms with E-state index < -0.39 is 31.6 Å². The van der Waals surface area contributed by atoms with Gasteiger partial charge in [-0.15, -0.1) is 0 Å². The minimum atomic E-state index is -4.34. The third-order valence-corrected chi connectivity index (χ3v) is 9.40. The fourth-order valence-corrected chi connectivity index (χ4v) is 6.24. The number of carboxylic acids is 1. The van der Waals surface area contributed by atoms with Gasteiger partial charge in [0, 0.05) is 42.9 Å². The van der Waals surface area contributed by atoms with E-state index in [0.29, 0.717) is 13.0 Å². The monoisotopic (exact) mass is 712 g/mol. The number of fused-ring (bicyclic) bond motifs is 1. The number of carbonyl (C=O) groups is 2. The van der Waals surface area contributed by atoms with Crippen molar-refractivity contribution in [2.45, 2.75) is 62.8 Å². The molecule has 49 heavy (non-hydrogen) atoms. The molecule has 0 saturated heterocycles. The molecule has 1 unspecified atom stereocenters. The van der Waals surface area contributed by atoms with E-state index in [0.717, 1.165) is 41.9 Å². The van der Waals surface area contributed by atoms with Gasteiger partial charge in [-0.1, -0.05) is 82.0 Å². The molecule has 1 amide bonds. The molecule has 13 heteroatoms. The van der Waals surface area contributed by atoms with Crippen molar-refractivity contribution in [1.82, 2.24) is 0 Å². The molecule has 1 aliphatic heterocycles. The molecule has 0 fully saturated rings. The average Bonchev–Trinajstić information content (AvgIpc) is 3.23. The molecule has 1 atom stereocenters. The lowest BCUT2D eigenvalue weighted by molar-refractivity contribution is -0.137. The van der Waals surface area contributed by atoms with Gasteiger partial charge < -0.3 is 10.0 Å². The van der Waals surface area contributed by atoms with Crippen LogP contribution in [0.5, 0.6) is 0 Å². The van der Waals surface area contributed by atoms with Gasteiger partial charge >= 0.3 is 5.97 Å². The Morgan fingerprint density at radius 2 is 1.59 bits per heavy atom. The van der Waals surface area contributed by atoms with Gasteiger partial charge in [0.05, 0.1) is 15.8 Å². The predicted octanol–water partition coefficient (Wildman–Crippen LogP) is 6.85. The SMILES string of the molecule is C=C/C=C(\C=C)S(=O)(=O)O.CC(=O)N(/C=C/C=C/C=C/C1N(CCCCCC(=O)O)c2ccc(S(=O)(=O)O)cc2C1(C)C)c1ccccc1. The fraction of sp³-hybridized carbons (Fsp3) is 0.278. The topological polar surface area (TPSA) is 170 Å². The van der Waals surface area contributed by atoms with Crippen LogP contribution in [0.15, 0.2) is 126 Å². The summed E-state index contributed by atoms with van der Waals surface area (Å²) in [5, 5.41) is 8.91. The number of amides is 1. The molecule has 264 valence electrons. The van der Waals surface area contributed by atoms with E-state index in [1.165, 1.54) is 25.1 Å². The molecule has 2 aromatic carbocycles. The van der Waals surface area contributed by atoms with Crippen LogP contribution in [0.25, 0.3) is 0 Å². The van der Waals surface area contributed by atoms with Crippen LogP contribution < -0.4 is 9.80 Å². The molecule has 0 radical (unpaired) electrons. The molecule has 1 aliphatic rings. The van der Waals surface area contributed by atoms with Crippen LogP contribution in [-0.2, 0) is 35.2 Å². The molecular formula is C36H44N2O9S2. The standard InChI is InChI=1S/C30H36N2O6S.C6H8O3S/c1-23(33)31(24-14-8-6-9-15-24)20-12-5-4-10-16-28-30(2,3)26-22-25(39(36,37)38)18-19-27(26)32(28)21-13-7-11-17-29(34)35;1-3-5-6(4-2)10(7,8)9/h4-6,8-10,12,14-16,18-20,22,28H,7,11,13,17,21H2,1-3H3,(H,34,35)(H,36,37,38);3-5H,1-2H2,(H,7,8,9)/b5-4+,16-10+,20-12+;6-5+. The lowest BCUT2D eigenvalue weighted by Gasteiger charge is -2.32. The van der Waals surface area contributed by atoms with E-state index >= 15 is 0 Å². The Hall–Kier alpha value is -4.56. The third-order valence-electron chi connectivity index (χ3n) is 7.65. The fourth-order valence-electron chi connectivity index (χ4n) is 5.25. The highest BCUT2D eigenvalue weighted by Gasteiger charge is 2.43. The molecule has 2 aromatic rings. The van der Waals surface area contributed by atoms with E-state index in [1.54, 1.807) is 23.2 Å². The van der Waals surface area contributed by atoms with Gasteiger partial charge in [0.2, 0.25) is 5.91 Å². The Morgan fingerprint density at radius 3 is 2.12 bits per heavy atom. The number of hydrogen-bond donors (Lipinski definition) is 3. The maximum atomic E-state index is 12.0. The summed E-state index contributed by atoms with van der Waals surface area (Å²) in [6.07, 6.45) is 16.9. The smallest absolute Gasteiger partial charge is 0.303 e. The molecule has 3 rings (SSSR count). The lowest BCUT2D eigenvalue weighted by atomic mass is 9.80. The summed E-state index contributed by atoms with van der Waals surface area (Å²) >= 11 is 0. The second kappa shape index (κ2) is 18.3. The van der Waals surface area contributed by atoms with Crippen molar-refractivity contribution in [1.29, 1.82) is 0 Å². The normalized spacial score (nSPS) is 16.0. The van der Waals surface area contributed by atoms with Gasteiger partial charge in [-0.25, -0.2) is 0 Å². The second-order valence-electron chi connectivity index (χ2n) is 11.5. The molecule has 0 saturated carbocycles. The largest absolute Gasteiger partial charge is 0.481 e. The van der Waals surface area contributed by atoms with Crippen molar-refractivity contribution >= 4 is 43.5 Å². The van der Waals surface area contributed by atoms with E-state index in [2.05, 4.69) is 24.1 Å². The highest BCUT2D eigenvalue weighted by molar-refractivity contribution is 7.90. The zero-order chi connectivity index (χ0) is 36.8. The van der Waals surface area contributed by atoms with Crippen LogP contribution in [0.1, 0.15) is 52.0 Å². The Balaban J connectivity index is 0.000000722. The number of hydrogen-bond acceptors (Lipinski definition) is 7. The first kappa shape index (κ1) is 40.6. The predicted molar refractivity (Wildman–Crippen MR) is 194 cm³/mol. The Bertz CT molecular complexity index is 1830. The van der Waals surface area contributed by atoms with Crippen LogP contribution in [0.4, 0.5) is 11.4 Å². The lowest BCUT2D eigenvalue weighted by Crippen LogP contribution is -2.40. The van der Waals surface area contributed by atoms with Crippen LogP contribution in [0, 0.1) is 0 Å². The quantitative estimate of drug-likeness (QED) is 0.101. The highest BCUT2D eigenvalue weighted by Crippen LogP contribution is 2.46. The van der Waals surface area contributed by atoms with Gasteiger partial charge in [0.25, 0.3) is 20.2 Å². The van der Waals surface area contributed by atoms with E-state index in [-0.39, 0.29) is 28.2 Å². The van der Waals surface area contributed by atoms with Gasteiger partial charge in [0.1, 0.15) is 0 Å². The van der Waals surface area contributed by atoms with Crippen molar-refractivity contribution in [2.75, 3.05) is 16.3 Å². The molecule has 0 bridgehead atoms. The first-order valence-corrected chi connectivity index (χ1v) is 18.2. The van der Waals surface area contributed by atoms with Crippen LogP contribution in [0.3, 0.4) is 0 Å². The van der Waals surface area contributed by atoms with Crippen LogP contribution >= 0.6 is 0 Å². The van der Waals surface area contributed by atoms with Gasteiger partial charge in [-0.05, 0) is 67.0 Å². The Morgan fingerprint density at radius 1 is 0.939 bits per heavy atom. The van der Waals surface area contributed by atoms with Crippen LogP contribution in [0.2, 0.25) is 0 Å².